The molecule has 0 aromatic heterocycles. The van der Waals surface area contributed by atoms with Crippen molar-refractivity contribution in [1.82, 2.24) is 10.2 Å². The van der Waals surface area contributed by atoms with Crippen LogP contribution in [0, 0.1) is 18.6 Å². The van der Waals surface area contributed by atoms with Crippen LogP contribution in [-0.2, 0) is 6.54 Å². The lowest BCUT2D eigenvalue weighted by Crippen LogP contribution is -2.35. The summed E-state index contributed by atoms with van der Waals surface area (Å²) in [5, 5.41) is 3.21. The SMILES string of the molecule is Cc1cc(CNC(C)CN(C)C)c(F)cc1F. The Morgan fingerprint density at radius 3 is 2.47 bits per heavy atom. The Balaban J connectivity index is 2.60. The second kappa shape index (κ2) is 6.07. The zero-order valence-corrected chi connectivity index (χ0v) is 10.8. The van der Waals surface area contributed by atoms with E-state index >= 15 is 0 Å². The molecule has 17 heavy (non-hydrogen) atoms. The van der Waals surface area contributed by atoms with Crippen molar-refractivity contribution in [3.8, 4) is 0 Å². The molecule has 96 valence electrons. The lowest BCUT2D eigenvalue weighted by atomic mass is 10.1. The van der Waals surface area contributed by atoms with E-state index in [0.717, 1.165) is 12.6 Å². The van der Waals surface area contributed by atoms with Crippen LogP contribution in [0.4, 0.5) is 8.78 Å². The summed E-state index contributed by atoms with van der Waals surface area (Å²) < 4.78 is 26.5. The summed E-state index contributed by atoms with van der Waals surface area (Å²) in [4.78, 5) is 2.06. The van der Waals surface area contributed by atoms with E-state index in [2.05, 4.69) is 10.2 Å². The van der Waals surface area contributed by atoms with Gasteiger partial charge in [-0.3, -0.25) is 0 Å². The molecule has 0 saturated carbocycles. The molecule has 0 saturated heterocycles. The Morgan fingerprint density at radius 2 is 1.88 bits per heavy atom. The Bertz CT molecular complexity index is 378. The normalized spacial score (nSPS) is 13.1. The first-order valence-corrected chi connectivity index (χ1v) is 5.72. The van der Waals surface area contributed by atoms with Gasteiger partial charge in [0.15, 0.2) is 0 Å². The minimum absolute atomic E-state index is 0.259. The van der Waals surface area contributed by atoms with Crippen molar-refractivity contribution in [2.24, 2.45) is 0 Å². The van der Waals surface area contributed by atoms with Crippen molar-refractivity contribution in [3.05, 3.63) is 34.9 Å². The van der Waals surface area contributed by atoms with Crippen LogP contribution in [-0.4, -0.2) is 31.6 Å². The molecular formula is C13H20F2N2. The molecule has 0 radical (unpaired) electrons. The first-order valence-electron chi connectivity index (χ1n) is 5.72. The van der Waals surface area contributed by atoms with Crippen LogP contribution < -0.4 is 5.32 Å². The lowest BCUT2D eigenvalue weighted by Gasteiger charge is -2.18. The van der Waals surface area contributed by atoms with Crippen molar-refractivity contribution in [3.63, 3.8) is 0 Å². The molecular weight excluding hydrogens is 222 g/mol. The first-order chi connectivity index (χ1) is 7.90. The minimum Gasteiger partial charge on any atom is -0.309 e. The van der Waals surface area contributed by atoms with Crippen LogP contribution in [0.15, 0.2) is 12.1 Å². The second-order valence-corrected chi connectivity index (χ2v) is 4.74. The van der Waals surface area contributed by atoms with Crippen LogP contribution in [0.25, 0.3) is 0 Å². The van der Waals surface area contributed by atoms with Gasteiger partial charge in [0, 0.05) is 30.8 Å². The summed E-state index contributed by atoms with van der Waals surface area (Å²) in [5.41, 5.74) is 0.984. The van der Waals surface area contributed by atoms with Crippen molar-refractivity contribution < 1.29 is 8.78 Å². The van der Waals surface area contributed by atoms with E-state index in [9.17, 15) is 8.78 Å². The number of aryl methyl sites for hydroxylation is 1. The number of nitrogens with zero attached hydrogens (tertiary/aromatic N) is 1. The van der Waals surface area contributed by atoms with Crippen LogP contribution in [0.5, 0.6) is 0 Å². The molecule has 0 fully saturated rings. The molecule has 1 N–H and O–H groups in total. The van der Waals surface area contributed by atoms with E-state index in [1.807, 2.05) is 21.0 Å². The van der Waals surface area contributed by atoms with E-state index in [0.29, 0.717) is 17.7 Å². The van der Waals surface area contributed by atoms with Crippen LogP contribution in [0.3, 0.4) is 0 Å². The van der Waals surface area contributed by atoms with Gasteiger partial charge < -0.3 is 10.2 Å². The zero-order chi connectivity index (χ0) is 13.0. The molecule has 0 heterocycles. The highest BCUT2D eigenvalue weighted by Crippen LogP contribution is 2.14. The zero-order valence-electron chi connectivity index (χ0n) is 10.8. The molecule has 0 spiro atoms. The Morgan fingerprint density at radius 1 is 1.24 bits per heavy atom. The highest BCUT2D eigenvalue weighted by Gasteiger charge is 2.09. The molecule has 1 atom stereocenters. The molecule has 1 aromatic rings. The highest BCUT2D eigenvalue weighted by atomic mass is 19.1. The van der Waals surface area contributed by atoms with Crippen LogP contribution in [0.1, 0.15) is 18.1 Å². The van der Waals surface area contributed by atoms with Gasteiger partial charge in [-0.2, -0.15) is 0 Å². The molecule has 1 aromatic carbocycles. The molecule has 0 aliphatic heterocycles. The average Bonchev–Trinajstić information content (AvgIpc) is 2.20. The number of benzene rings is 1. The third-order valence-electron chi connectivity index (χ3n) is 2.61. The van der Waals surface area contributed by atoms with Crippen LogP contribution >= 0.6 is 0 Å². The molecule has 2 nitrogen and oxygen atoms in total. The highest BCUT2D eigenvalue weighted by molar-refractivity contribution is 5.25. The van der Waals surface area contributed by atoms with E-state index in [-0.39, 0.29) is 6.04 Å². The van der Waals surface area contributed by atoms with E-state index in [4.69, 9.17) is 0 Å². The summed E-state index contributed by atoms with van der Waals surface area (Å²) in [6.45, 7) is 4.97. The van der Waals surface area contributed by atoms with E-state index < -0.39 is 11.6 Å². The van der Waals surface area contributed by atoms with E-state index in [1.54, 1.807) is 13.0 Å². The standard InChI is InChI=1S/C13H20F2N2/c1-9-5-11(13(15)6-12(9)14)7-16-10(2)8-17(3)4/h5-6,10,16H,7-8H2,1-4H3. The van der Waals surface area contributed by atoms with Gasteiger partial charge in [0.2, 0.25) is 0 Å². The summed E-state index contributed by atoms with van der Waals surface area (Å²) in [5.74, 6) is -0.981. The third kappa shape index (κ3) is 4.40. The number of halogens is 2. The maximum atomic E-state index is 13.5. The lowest BCUT2D eigenvalue weighted by molar-refractivity contribution is 0.348. The van der Waals surface area contributed by atoms with Crippen molar-refractivity contribution in [2.75, 3.05) is 20.6 Å². The smallest absolute Gasteiger partial charge is 0.130 e. The minimum atomic E-state index is -0.493. The predicted molar refractivity (Wildman–Crippen MR) is 66.0 cm³/mol. The molecule has 1 unspecified atom stereocenters. The van der Waals surface area contributed by atoms with Gasteiger partial charge in [-0.15, -0.1) is 0 Å². The van der Waals surface area contributed by atoms with Gasteiger partial charge in [0.25, 0.3) is 0 Å². The number of hydrogen-bond donors (Lipinski definition) is 1. The molecule has 0 aliphatic rings. The summed E-state index contributed by atoms with van der Waals surface area (Å²) in [6.07, 6.45) is 0. The molecule has 0 amide bonds. The number of likely N-dealkylation sites (N-methyl/N-ethyl adjacent to an activating group) is 1. The fourth-order valence-corrected chi connectivity index (χ4v) is 1.75. The van der Waals surface area contributed by atoms with Crippen molar-refractivity contribution in [2.45, 2.75) is 26.4 Å². The fourth-order valence-electron chi connectivity index (χ4n) is 1.75. The Hall–Kier alpha value is -1.00. The van der Waals surface area contributed by atoms with Crippen molar-refractivity contribution in [1.29, 1.82) is 0 Å². The number of hydrogen-bond acceptors (Lipinski definition) is 2. The molecule has 4 heteroatoms. The van der Waals surface area contributed by atoms with E-state index in [1.165, 1.54) is 0 Å². The number of rotatable bonds is 5. The van der Waals surface area contributed by atoms with Crippen LogP contribution in [0.2, 0.25) is 0 Å². The second-order valence-electron chi connectivity index (χ2n) is 4.74. The quantitative estimate of drug-likeness (QED) is 0.852. The first kappa shape index (κ1) is 14.1. The monoisotopic (exact) mass is 242 g/mol. The average molecular weight is 242 g/mol. The maximum Gasteiger partial charge on any atom is 0.130 e. The third-order valence-corrected chi connectivity index (χ3v) is 2.61. The summed E-state index contributed by atoms with van der Waals surface area (Å²) >= 11 is 0. The van der Waals surface area contributed by atoms with Gasteiger partial charge >= 0.3 is 0 Å². The maximum absolute atomic E-state index is 13.5. The molecule has 1 rings (SSSR count). The predicted octanol–water partition coefficient (Wildman–Crippen LogP) is 2.31. The summed E-state index contributed by atoms with van der Waals surface area (Å²) in [7, 11) is 3.97. The number of nitrogens with one attached hydrogen (secondary N) is 1. The van der Waals surface area contributed by atoms with Gasteiger partial charge in [0.1, 0.15) is 11.6 Å². The van der Waals surface area contributed by atoms with Gasteiger partial charge in [-0.1, -0.05) is 0 Å². The van der Waals surface area contributed by atoms with Gasteiger partial charge in [-0.05, 0) is 39.6 Å². The Kier molecular flexibility index (Phi) is 5.02. The Labute approximate surface area is 102 Å². The fraction of sp³-hybridized carbons (Fsp3) is 0.538. The largest absolute Gasteiger partial charge is 0.309 e. The van der Waals surface area contributed by atoms with Gasteiger partial charge in [-0.25, -0.2) is 8.78 Å². The molecule has 0 aliphatic carbocycles. The van der Waals surface area contributed by atoms with Crippen molar-refractivity contribution >= 4 is 0 Å². The van der Waals surface area contributed by atoms with Gasteiger partial charge in [0.05, 0.1) is 0 Å². The molecule has 0 bridgehead atoms. The summed E-state index contributed by atoms with van der Waals surface area (Å²) in [6, 6.07) is 2.76. The topological polar surface area (TPSA) is 15.3 Å².